The van der Waals surface area contributed by atoms with E-state index < -0.39 is 28.9 Å². The van der Waals surface area contributed by atoms with Gasteiger partial charge < -0.3 is 19.5 Å². The number of nitrogens with zero attached hydrogens (tertiary/aromatic N) is 2. The first-order chi connectivity index (χ1) is 12.5. The van der Waals surface area contributed by atoms with Gasteiger partial charge in [-0.15, -0.1) is 0 Å². The van der Waals surface area contributed by atoms with Gasteiger partial charge >= 0.3 is 5.69 Å². The number of hydrogen-bond acceptors (Lipinski definition) is 7. The summed E-state index contributed by atoms with van der Waals surface area (Å²) in [7, 11) is 1.56. The average Bonchev–Trinajstić information content (AvgIpc) is 2.61. The lowest BCUT2D eigenvalue weighted by molar-refractivity contribution is -0.387. The zero-order valence-corrected chi connectivity index (χ0v) is 13.8. The summed E-state index contributed by atoms with van der Waals surface area (Å²) < 4.78 is 28.7. The molecule has 0 bridgehead atoms. The van der Waals surface area contributed by atoms with E-state index in [4.69, 9.17) is 14.2 Å². The predicted molar refractivity (Wildman–Crippen MR) is 88.8 cm³/mol. The number of nitrogens with one attached hydrogen (secondary N) is 1. The number of rotatable bonds is 9. The van der Waals surface area contributed by atoms with Crippen LogP contribution < -0.4 is 14.8 Å². The molecule has 2 aromatic rings. The second-order valence-electron chi connectivity index (χ2n) is 4.93. The van der Waals surface area contributed by atoms with Crippen LogP contribution in [0.2, 0.25) is 0 Å². The number of ether oxygens (including phenoxy) is 3. The molecule has 0 aliphatic carbocycles. The molecule has 0 radical (unpaired) electrons. The molecule has 138 valence electrons. The summed E-state index contributed by atoms with van der Waals surface area (Å²) in [5.41, 5.74) is -0.242. The van der Waals surface area contributed by atoms with Crippen molar-refractivity contribution in [2.24, 2.45) is 0 Å². The number of carbonyl (C=O) groups is 1. The van der Waals surface area contributed by atoms with Crippen molar-refractivity contribution in [1.82, 2.24) is 4.98 Å². The van der Waals surface area contributed by atoms with E-state index in [1.54, 1.807) is 19.2 Å². The van der Waals surface area contributed by atoms with Gasteiger partial charge in [-0.25, -0.2) is 4.98 Å². The first-order valence-corrected chi connectivity index (χ1v) is 7.44. The van der Waals surface area contributed by atoms with Crippen molar-refractivity contribution in [3.05, 3.63) is 52.5 Å². The summed E-state index contributed by atoms with van der Waals surface area (Å²) >= 11 is 0. The molecule has 0 aliphatic heterocycles. The summed E-state index contributed by atoms with van der Waals surface area (Å²) in [6.45, 7) is 0.388. The van der Waals surface area contributed by atoms with Gasteiger partial charge in [-0.05, 0) is 12.1 Å². The second-order valence-corrected chi connectivity index (χ2v) is 4.93. The number of pyridine rings is 1. The minimum Gasteiger partial charge on any atom is -0.484 e. The van der Waals surface area contributed by atoms with E-state index in [0.29, 0.717) is 24.8 Å². The van der Waals surface area contributed by atoms with Crippen molar-refractivity contribution < 1.29 is 28.3 Å². The number of anilines is 1. The van der Waals surface area contributed by atoms with Crippen molar-refractivity contribution in [2.45, 2.75) is 0 Å². The molecule has 0 saturated carbocycles. The lowest BCUT2D eigenvalue weighted by Crippen LogP contribution is -2.20. The number of nitro groups is 1. The molecule has 0 atom stereocenters. The highest BCUT2D eigenvalue weighted by atomic mass is 19.1. The number of hydrogen-bond donors (Lipinski definition) is 1. The number of benzene rings is 1. The number of nitro benzene ring substituents is 1. The smallest absolute Gasteiger partial charge is 0.305 e. The normalized spacial score (nSPS) is 10.2. The van der Waals surface area contributed by atoms with Crippen LogP contribution in [-0.4, -0.2) is 42.7 Å². The Morgan fingerprint density at radius 3 is 2.69 bits per heavy atom. The molecular formula is C16H16FN3O6. The van der Waals surface area contributed by atoms with Gasteiger partial charge in [0.1, 0.15) is 12.4 Å². The van der Waals surface area contributed by atoms with Crippen LogP contribution >= 0.6 is 0 Å². The van der Waals surface area contributed by atoms with Crippen LogP contribution in [0.5, 0.6) is 11.6 Å². The topological polar surface area (TPSA) is 113 Å². The molecule has 1 heterocycles. The van der Waals surface area contributed by atoms with Crippen LogP contribution in [-0.2, 0) is 9.53 Å². The molecule has 1 N–H and O–H groups in total. The number of aromatic nitrogens is 1. The second kappa shape index (κ2) is 9.28. The van der Waals surface area contributed by atoms with E-state index >= 15 is 0 Å². The average molecular weight is 365 g/mol. The van der Waals surface area contributed by atoms with E-state index in [9.17, 15) is 19.3 Å². The van der Waals surface area contributed by atoms with E-state index in [2.05, 4.69) is 10.3 Å². The maximum atomic E-state index is 13.5. The molecular weight excluding hydrogens is 349 g/mol. The predicted octanol–water partition coefficient (Wildman–Crippen LogP) is 2.17. The standard InChI is InChI=1S/C16H16FN3O6/c1-24-6-7-25-16-5-2-11(9-18-16)19-15(21)10-26-12-3-4-14(20(22)23)13(17)8-12/h2-5,8-9H,6-7,10H2,1H3,(H,19,21). The SMILES string of the molecule is COCCOc1ccc(NC(=O)COc2ccc([N+](=O)[O-])c(F)c2)cn1. The van der Waals surface area contributed by atoms with Crippen LogP contribution in [0.4, 0.5) is 15.8 Å². The highest BCUT2D eigenvalue weighted by Crippen LogP contribution is 2.22. The summed E-state index contributed by atoms with van der Waals surface area (Å²) in [5, 5.41) is 13.1. The molecule has 2 rings (SSSR count). The minimum absolute atomic E-state index is 0.00302. The largest absolute Gasteiger partial charge is 0.484 e. The molecule has 10 heteroatoms. The third kappa shape index (κ3) is 5.67. The highest BCUT2D eigenvalue weighted by Gasteiger charge is 2.14. The van der Waals surface area contributed by atoms with Crippen LogP contribution in [0.3, 0.4) is 0 Å². The lowest BCUT2D eigenvalue weighted by atomic mass is 10.3. The molecule has 0 spiro atoms. The summed E-state index contributed by atoms with van der Waals surface area (Å²) in [6.07, 6.45) is 1.41. The molecule has 1 amide bonds. The Hall–Kier alpha value is -3.27. The number of carbonyl (C=O) groups excluding carboxylic acids is 1. The molecule has 1 aromatic carbocycles. The molecule has 0 unspecified atom stereocenters. The Labute approximate surface area is 147 Å². The van der Waals surface area contributed by atoms with Gasteiger partial charge in [0, 0.05) is 25.3 Å². The van der Waals surface area contributed by atoms with Crippen molar-refractivity contribution >= 4 is 17.3 Å². The van der Waals surface area contributed by atoms with E-state index in [1.165, 1.54) is 12.3 Å². The van der Waals surface area contributed by atoms with Crippen molar-refractivity contribution in [3.8, 4) is 11.6 Å². The Bertz CT molecular complexity index is 769. The molecule has 26 heavy (non-hydrogen) atoms. The molecule has 0 fully saturated rings. The zero-order valence-electron chi connectivity index (χ0n) is 13.8. The van der Waals surface area contributed by atoms with Gasteiger partial charge in [0.05, 0.1) is 23.4 Å². The molecule has 9 nitrogen and oxygen atoms in total. The monoisotopic (exact) mass is 365 g/mol. The van der Waals surface area contributed by atoms with Gasteiger partial charge in [0.2, 0.25) is 11.7 Å². The van der Waals surface area contributed by atoms with E-state index in [0.717, 1.165) is 12.1 Å². The van der Waals surface area contributed by atoms with Gasteiger partial charge in [-0.1, -0.05) is 0 Å². The quantitative estimate of drug-likeness (QED) is 0.412. The third-order valence-corrected chi connectivity index (χ3v) is 3.04. The first kappa shape index (κ1) is 19.1. The first-order valence-electron chi connectivity index (χ1n) is 7.44. The fourth-order valence-electron chi connectivity index (χ4n) is 1.84. The third-order valence-electron chi connectivity index (χ3n) is 3.04. The van der Waals surface area contributed by atoms with Gasteiger partial charge in [-0.3, -0.25) is 14.9 Å². The lowest BCUT2D eigenvalue weighted by Gasteiger charge is -2.08. The number of amides is 1. The maximum Gasteiger partial charge on any atom is 0.305 e. The fraction of sp³-hybridized carbons (Fsp3) is 0.250. The highest BCUT2D eigenvalue weighted by molar-refractivity contribution is 5.91. The maximum absolute atomic E-state index is 13.5. The Balaban J connectivity index is 1.83. The molecule has 0 saturated heterocycles. The van der Waals surface area contributed by atoms with Crippen LogP contribution in [0, 0.1) is 15.9 Å². The summed E-state index contributed by atoms with van der Waals surface area (Å²) in [4.78, 5) is 25.5. The molecule has 1 aromatic heterocycles. The number of halogens is 1. The van der Waals surface area contributed by atoms with Crippen LogP contribution in [0.25, 0.3) is 0 Å². The van der Waals surface area contributed by atoms with Crippen molar-refractivity contribution in [3.63, 3.8) is 0 Å². The zero-order chi connectivity index (χ0) is 18.9. The van der Waals surface area contributed by atoms with Crippen molar-refractivity contribution in [1.29, 1.82) is 0 Å². The molecule has 0 aliphatic rings. The number of methoxy groups -OCH3 is 1. The van der Waals surface area contributed by atoms with Crippen LogP contribution in [0.1, 0.15) is 0 Å². The van der Waals surface area contributed by atoms with E-state index in [1.807, 2.05) is 0 Å². The van der Waals surface area contributed by atoms with Crippen LogP contribution in [0.15, 0.2) is 36.5 Å². The fourth-order valence-corrected chi connectivity index (χ4v) is 1.84. The van der Waals surface area contributed by atoms with Gasteiger partial charge in [-0.2, -0.15) is 4.39 Å². The van der Waals surface area contributed by atoms with Gasteiger partial charge in [0.15, 0.2) is 6.61 Å². The van der Waals surface area contributed by atoms with E-state index in [-0.39, 0.29) is 5.75 Å². The Morgan fingerprint density at radius 2 is 2.08 bits per heavy atom. The Morgan fingerprint density at radius 1 is 1.27 bits per heavy atom. The summed E-state index contributed by atoms with van der Waals surface area (Å²) in [5.74, 6) is -1.15. The summed E-state index contributed by atoms with van der Waals surface area (Å²) in [6, 6.07) is 6.20. The van der Waals surface area contributed by atoms with Gasteiger partial charge in [0.25, 0.3) is 5.91 Å². The van der Waals surface area contributed by atoms with Crippen molar-refractivity contribution in [2.75, 3.05) is 32.2 Å². The minimum atomic E-state index is -1.04. The Kier molecular flexibility index (Phi) is 6.80.